The molecule has 0 fully saturated rings. The zero-order valence-electron chi connectivity index (χ0n) is 11.8. The van der Waals surface area contributed by atoms with Crippen LogP contribution in [0.25, 0.3) is 0 Å². The summed E-state index contributed by atoms with van der Waals surface area (Å²) in [6, 6.07) is 10.1. The van der Waals surface area contributed by atoms with Crippen LogP contribution in [0.1, 0.15) is 23.0 Å². The van der Waals surface area contributed by atoms with Crippen molar-refractivity contribution in [3.63, 3.8) is 0 Å². The Morgan fingerprint density at radius 3 is 2.42 bits per heavy atom. The predicted molar refractivity (Wildman–Crippen MR) is 76.2 cm³/mol. The van der Waals surface area contributed by atoms with Crippen LogP contribution in [0.3, 0.4) is 0 Å². The molecule has 0 bridgehead atoms. The number of benzene rings is 1. The molecular formula is C15H19N3O. The summed E-state index contributed by atoms with van der Waals surface area (Å²) in [6.45, 7) is 1.78. The molecule has 0 aliphatic heterocycles. The van der Waals surface area contributed by atoms with E-state index < -0.39 is 0 Å². The van der Waals surface area contributed by atoms with E-state index in [4.69, 9.17) is 0 Å². The summed E-state index contributed by atoms with van der Waals surface area (Å²) in [4.78, 5) is 18.6. The van der Waals surface area contributed by atoms with E-state index in [1.807, 2.05) is 32.3 Å². The van der Waals surface area contributed by atoms with E-state index in [2.05, 4.69) is 22.0 Å². The van der Waals surface area contributed by atoms with E-state index in [1.165, 1.54) is 0 Å². The van der Waals surface area contributed by atoms with Crippen LogP contribution in [0.4, 0.5) is 0 Å². The smallest absolute Gasteiger partial charge is 0.256 e. The fourth-order valence-electron chi connectivity index (χ4n) is 2.24. The summed E-state index contributed by atoms with van der Waals surface area (Å²) in [5, 5.41) is 0. The molecule has 4 heteroatoms. The first-order chi connectivity index (χ1) is 9.02. The minimum absolute atomic E-state index is 0.00720. The highest BCUT2D eigenvalue weighted by molar-refractivity contribution is 5.25. The third kappa shape index (κ3) is 2.58. The Morgan fingerprint density at radius 1 is 1.21 bits per heavy atom. The van der Waals surface area contributed by atoms with Gasteiger partial charge in [-0.25, -0.2) is 4.98 Å². The Kier molecular flexibility index (Phi) is 3.81. The largest absolute Gasteiger partial charge is 0.298 e. The summed E-state index contributed by atoms with van der Waals surface area (Å²) < 4.78 is 1.63. The summed E-state index contributed by atoms with van der Waals surface area (Å²) in [5.74, 6) is 0.756. The molecule has 1 aromatic heterocycles. The van der Waals surface area contributed by atoms with Gasteiger partial charge in [0, 0.05) is 18.8 Å². The number of aromatic nitrogens is 2. The average Bonchev–Trinajstić information content (AvgIpc) is 2.40. The summed E-state index contributed by atoms with van der Waals surface area (Å²) in [5.41, 5.74) is 1.79. The van der Waals surface area contributed by atoms with Crippen LogP contribution in [-0.4, -0.2) is 28.5 Å². The number of rotatable bonds is 3. The zero-order valence-corrected chi connectivity index (χ0v) is 11.8. The molecule has 2 aromatic rings. The molecule has 1 heterocycles. The van der Waals surface area contributed by atoms with Gasteiger partial charge in [-0.05, 0) is 26.6 Å². The van der Waals surface area contributed by atoms with Gasteiger partial charge >= 0.3 is 0 Å². The quantitative estimate of drug-likeness (QED) is 0.840. The zero-order chi connectivity index (χ0) is 14.0. The van der Waals surface area contributed by atoms with Crippen molar-refractivity contribution in [2.45, 2.75) is 13.0 Å². The average molecular weight is 257 g/mol. The molecule has 0 aliphatic carbocycles. The summed E-state index contributed by atoms with van der Waals surface area (Å²) >= 11 is 0. The number of aryl methyl sites for hydroxylation is 1. The van der Waals surface area contributed by atoms with Crippen LogP contribution < -0.4 is 5.56 Å². The minimum atomic E-state index is -0.0282. The van der Waals surface area contributed by atoms with E-state index >= 15 is 0 Å². The lowest BCUT2D eigenvalue weighted by Gasteiger charge is -2.25. The molecule has 0 amide bonds. The Morgan fingerprint density at radius 2 is 1.84 bits per heavy atom. The fourth-order valence-corrected chi connectivity index (χ4v) is 2.24. The second-order valence-electron chi connectivity index (χ2n) is 4.94. The molecule has 2 rings (SSSR count). The maximum absolute atomic E-state index is 12.1. The molecular weight excluding hydrogens is 238 g/mol. The second-order valence-corrected chi connectivity index (χ2v) is 4.94. The first-order valence-electron chi connectivity index (χ1n) is 6.26. The molecule has 0 spiro atoms. The van der Waals surface area contributed by atoms with Crippen LogP contribution in [0.2, 0.25) is 0 Å². The molecule has 1 aromatic carbocycles. The predicted octanol–water partition coefficient (Wildman–Crippen LogP) is 1.74. The number of nitrogens with zero attached hydrogens (tertiary/aromatic N) is 3. The van der Waals surface area contributed by atoms with Gasteiger partial charge in [-0.1, -0.05) is 30.3 Å². The lowest BCUT2D eigenvalue weighted by Crippen LogP contribution is -2.31. The molecule has 100 valence electrons. The third-order valence-corrected chi connectivity index (χ3v) is 3.25. The Labute approximate surface area is 113 Å². The van der Waals surface area contributed by atoms with E-state index in [1.54, 1.807) is 24.7 Å². The van der Waals surface area contributed by atoms with Gasteiger partial charge in [-0.3, -0.25) is 14.3 Å². The van der Waals surface area contributed by atoms with Gasteiger partial charge < -0.3 is 0 Å². The van der Waals surface area contributed by atoms with E-state index in [0.29, 0.717) is 5.56 Å². The first kappa shape index (κ1) is 13.5. The van der Waals surface area contributed by atoms with Crippen LogP contribution in [-0.2, 0) is 7.05 Å². The lowest BCUT2D eigenvalue weighted by molar-refractivity contribution is 0.320. The SMILES string of the molecule is Cc1cnc([C@H](c2ccccc2)N(C)C)n(C)c1=O. The van der Waals surface area contributed by atoms with Gasteiger partial charge in [-0.15, -0.1) is 0 Å². The van der Waals surface area contributed by atoms with Crippen molar-refractivity contribution in [1.82, 2.24) is 14.5 Å². The lowest BCUT2D eigenvalue weighted by atomic mass is 10.1. The molecule has 0 aliphatic rings. The van der Waals surface area contributed by atoms with E-state index in [-0.39, 0.29) is 11.6 Å². The van der Waals surface area contributed by atoms with Gasteiger partial charge in [0.2, 0.25) is 0 Å². The van der Waals surface area contributed by atoms with Crippen molar-refractivity contribution < 1.29 is 0 Å². The first-order valence-corrected chi connectivity index (χ1v) is 6.26. The number of hydrogen-bond acceptors (Lipinski definition) is 3. The van der Waals surface area contributed by atoms with E-state index in [9.17, 15) is 4.79 Å². The van der Waals surface area contributed by atoms with Gasteiger partial charge in [-0.2, -0.15) is 0 Å². The van der Waals surface area contributed by atoms with Crippen molar-refractivity contribution in [3.8, 4) is 0 Å². The van der Waals surface area contributed by atoms with Gasteiger partial charge in [0.05, 0.1) is 6.04 Å². The van der Waals surface area contributed by atoms with Crippen LogP contribution in [0.15, 0.2) is 41.3 Å². The van der Waals surface area contributed by atoms with Crippen molar-refractivity contribution in [2.75, 3.05) is 14.1 Å². The maximum atomic E-state index is 12.1. The van der Waals surface area contributed by atoms with Gasteiger partial charge in [0.1, 0.15) is 5.82 Å². The summed E-state index contributed by atoms with van der Waals surface area (Å²) in [6.07, 6.45) is 1.65. The number of hydrogen-bond donors (Lipinski definition) is 0. The Hall–Kier alpha value is -1.94. The van der Waals surface area contributed by atoms with Crippen molar-refractivity contribution >= 4 is 0 Å². The maximum Gasteiger partial charge on any atom is 0.256 e. The van der Waals surface area contributed by atoms with Crippen molar-refractivity contribution in [3.05, 3.63) is 63.8 Å². The highest BCUT2D eigenvalue weighted by Crippen LogP contribution is 2.23. The summed E-state index contributed by atoms with van der Waals surface area (Å²) in [7, 11) is 5.75. The van der Waals surface area contributed by atoms with Gasteiger partial charge in [0.15, 0.2) is 0 Å². The highest BCUT2D eigenvalue weighted by atomic mass is 16.1. The standard InChI is InChI=1S/C15H19N3O/c1-11-10-16-14(18(4)15(11)19)13(17(2)3)12-8-6-5-7-9-12/h5-10,13H,1-4H3/t13-/m0/s1. The molecule has 19 heavy (non-hydrogen) atoms. The van der Waals surface area contributed by atoms with Crippen LogP contribution in [0.5, 0.6) is 0 Å². The highest BCUT2D eigenvalue weighted by Gasteiger charge is 2.21. The molecule has 0 radical (unpaired) electrons. The molecule has 0 unspecified atom stereocenters. The topological polar surface area (TPSA) is 38.1 Å². The third-order valence-electron chi connectivity index (χ3n) is 3.25. The van der Waals surface area contributed by atoms with Crippen LogP contribution >= 0.6 is 0 Å². The van der Waals surface area contributed by atoms with Crippen LogP contribution in [0, 0.1) is 6.92 Å². The van der Waals surface area contributed by atoms with Crippen molar-refractivity contribution in [2.24, 2.45) is 7.05 Å². The fraction of sp³-hybridized carbons (Fsp3) is 0.333. The second kappa shape index (κ2) is 5.36. The molecule has 0 saturated heterocycles. The van der Waals surface area contributed by atoms with Crippen molar-refractivity contribution in [1.29, 1.82) is 0 Å². The normalized spacial score (nSPS) is 12.7. The molecule has 0 N–H and O–H groups in total. The Balaban J connectivity index is 2.59. The monoisotopic (exact) mass is 257 g/mol. The Bertz CT molecular complexity index is 617. The molecule has 0 saturated carbocycles. The molecule has 1 atom stereocenters. The van der Waals surface area contributed by atoms with E-state index in [0.717, 1.165) is 11.4 Å². The molecule has 4 nitrogen and oxygen atoms in total. The van der Waals surface area contributed by atoms with Gasteiger partial charge in [0.25, 0.3) is 5.56 Å². The minimum Gasteiger partial charge on any atom is -0.298 e.